The highest BCUT2D eigenvalue weighted by atomic mass is 35.5. The van der Waals surface area contributed by atoms with Crippen LogP contribution >= 0.6 is 11.6 Å². The lowest BCUT2D eigenvalue weighted by atomic mass is 9.99. The second kappa shape index (κ2) is 6.60. The minimum absolute atomic E-state index is 0.551. The average molecular weight is 283 g/mol. The van der Waals surface area contributed by atoms with Crippen molar-refractivity contribution >= 4 is 11.6 Å². The van der Waals surface area contributed by atoms with Gasteiger partial charge in [-0.25, -0.2) is 0 Å². The van der Waals surface area contributed by atoms with Crippen LogP contribution in [0.2, 0.25) is 5.02 Å². The van der Waals surface area contributed by atoms with Crippen LogP contribution in [0.25, 0.3) is 0 Å². The lowest BCUT2D eigenvalue weighted by Gasteiger charge is -2.39. The minimum atomic E-state index is 0.551. The Kier molecular flexibility index (Phi) is 5.08. The third kappa shape index (κ3) is 3.41. The molecule has 1 saturated heterocycles. The molecule has 19 heavy (non-hydrogen) atoms. The lowest BCUT2D eigenvalue weighted by Crippen LogP contribution is -2.53. The summed E-state index contributed by atoms with van der Waals surface area (Å²) in [6.07, 6.45) is 0. The van der Waals surface area contributed by atoms with Gasteiger partial charge in [0.25, 0.3) is 0 Å². The number of rotatable bonds is 4. The number of hydrogen-bond acceptors (Lipinski definition) is 3. The maximum atomic E-state index is 6.33. The zero-order valence-electron chi connectivity index (χ0n) is 11.9. The molecule has 0 radical (unpaired) electrons. The fourth-order valence-corrected chi connectivity index (χ4v) is 2.93. The van der Waals surface area contributed by atoms with E-state index in [0.717, 1.165) is 42.5 Å². The maximum Gasteiger partial charge on any atom is 0.124 e. The summed E-state index contributed by atoms with van der Waals surface area (Å²) in [6, 6.07) is 6.40. The van der Waals surface area contributed by atoms with Crippen LogP contribution < -0.4 is 10.1 Å². The van der Waals surface area contributed by atoms with Gasteiger partial charge in [0.1, 0.15) is 5.75 Å². The summed E-state index contributed by atoms with van der Waals surface area (Å²) in [7, 11) is 1.70. The van der Waals surface area contributed by atoms with Crippen molar-refractivity contribution in [3.05, 3.63) is 28.8 Å². The summed E-state index contributed by atoms with van der Waals surface area (Å²) < 4.78 is 5.44. The topological polar surface area (TPSA) is 24.5 Å². The highest BCUT2D eigenvalue weighted by Gasteiger charge is 2.26. The molecule has 1 aromatic carbocycles. The van der Waals surface area contributed by atoms with Crippen molar-refractivity contribution in [3.8, 4) is 5.75 Å². The highest BCUT2D eigenvalue weighted by Crippen LogP contribution is 2.29. The smallest absolute Gasteiger partial charge is 0.124 e. The van der Waals surface area contributed by atoms with E-state index in [2.05, 4.69) is 24.1 Å². The van der Waals surface area contributed by atoms with Crippen LogP contribution in [-0.4, -0.2) is 37.7 Å². The van der Waals surface area contributed by atoms with Crippen molar-refractivity contribution in [2.75, 3.05) is 26.7 Å². The van der Waals surface area contributed by atoms with Gasteiger partial charge in [-0.05, 0) is 18.1 Å². The molecule has 1 aliphatic rings. The van der Waals surface area contributed by atoms with Crippen LogP contribution in [0.5, 0.6) is 5.75 Å². The largest absolute Gasteiger partial charge is 0.496 e. The van der Waals surface area contributed by atoms with Crippen molar-refractivity contribution in [2.45, 2.75) is 26.4 Å². The molecule has 1 heterocycles. The summed E-state index contributed by atoms with van der Waals surface area (Å²) in [5.41, 5.74) is 1.10. The second-order valence-corrected chi connectivity index (χ2v) is 5.81. The molecule has 0 amide bonds. The molecule has 106 valence electrons. The van der Waals surface area contributed by atoms with Crippen molar-refractivity contribution in [1.82, 2.24) is 10.2 Å². The first kappa shape index (κ1) is 14.6. The normalized spacial score (nSPS) is 20.8. The van der Waals surface area contributed by atoms with E-state index in [0.29, 0.717) is 12.0 Å². The molecule has 0 saturated carbocycles. The molecule has 1 N–H and O–H groups in total. The Morgan fingerprint density at radius 3 is 2.95 bits per heavy atom. The number of ether oxygens (including phenoxy) is 1. The summed E-state index contributed by atoms with van der Waals surface area (Å²) >= 11 is 6.33. The molecular formula is C15H23ClN2O. The first-order valence-electron chi connectivity index (χ1n) is 6.89. The number of methoxy groups -OCH3 is 1. The molecule has 0 spiro atoms. The third-order valence-electron chi connectivity index (χ3n) is 3.82. The van der Waals surface area contributed by atoms with Gasteiger partial charge < -0.3 is 10.1 Å². The number of halogens is 1. The van der Waals surface area contributed by atoms with Gasteiger partial charge in [-0.1, -0.05) is 31.5 Å². The van der Waals surface area contributed by atoms with Crippen LogP contribution in [0.4, 0.5) is 0 Å². The first-order chi connectivity index (χ1) is 9.13. The van der Waals surface area contributed by atoms with Crippen LogP contribution in [0.15, 0.2) is 18.2 Å². The van der Waals surface area contributed by atoms with Crippen LogP contribution in [-0.2, 0) is 6.54 Å². The zero-order valence-corrected chi connectivity index (χ0v) is 12.7. The fourth-order valence-electron chi connectivity index (χ4n) is 2.71. The monoisotopic (exact) mass is 282 g/mol. The lowest BCUT2D eigenvalue weighted by molar-refractivity contribution is 0.116. The van der Waals surface area contributed by atoms with Gasteiger partial charge in [-0.15, -0.1) is 0 Å². The van der Waals surface area contributed by atoms with E-state index in [1.165, 1.54) is 0 Å². The first-order valence-corrected chi connectivity index (χ1v) is 7.27. The molecule has 1 fully saturated rings. The molecule has 1 aromatic rings. The van der Waals surface area contributed by atoms with Crippen molar-refractivity contribution in [1.29, 1.82) is 0 Å². The highest BCUT2D eigenvalue weighted by molar-refractivity contribution is 6.31. The van der Waals surface area contributed by atoms with Crippen LogP contribution in [0.1, 0.15) is 19.4 Å². The summed E-state index contributed by atoms with van der Waals surface area (Å²) in [4.78, 5) is 2.50. The fraction of sp³-hybridized carbons (Fsp3) is 0.600. The molecule has 1 atom stereocenters. The van der Waals surface area contributed by atoms with E-state index in [9.17, 15) is 0 Å². The summed E-state index contributed by atoms with van der Waals surface area (Å²) in [5, 5.41) is 4.26. The molecule has 0 aliphatic carbocycles. The van der Waals surface area contributed by atoms with Gasteiger partial charge in [0.05, 0.1) is 7.11 Å². The number of hydrogen-bond donors (Lipinski definition) is 1. The Bertz CT molecular complexity index is 423. The van der Waals surface area contributed by atoms with E-state index >= 15 is 0 Å². The van der Waals surface area contributed by atoms with Gasteiger partial charge >= 0.3 is 0 Å². The minimum Gasteiger partial charge on any atom is -0.496 e. The number of piperazine rings is 1. The second-order valence-electron chi connectivity index (χ2n) is 5.41. The van der Waals surface area contributed by atoms with E-state index < -0.39 is 0 Å². The zero-order chi connectivity index (χ0) is 13.8. The van der Waals surface area contributed by atoms with Crippen LogP contribution in [0, 0.1) is 5.92 Å². The Morgan fingerprint density at radius 2 is 2.26 bits per heavy atom. The van der Waals surface area contributed by atoms with E-state index in [-0.39, 0.29) is 0 Å². The van der Waals surface area contributed by atoms with Gasteiger partial charge in [0.15, 0.2) is 0 Å². The number of nitrogens with one attached hydrogen (secondary N) is 1. The van der Waals surface area contributed by atoms with Gasteiger partial charge in [-0.2, -0.15) is 0 Å². The van der Waals surface area contributed by atoms with E-state index in [1.807, 2.05) is 18.2 Å². The molecule has 1 unspecified atom stereocenters. The molecular weight excluding hydrogens is 260 g/mol. The van der Waals surface area contributed by atoms with Crippen LogP contribution in [0.3, 0.4) is 0 Å². The quantitative estimate of drug-likeness (QED) is 0.919. The SMILES string of the molecule is COc1cccc(Cl)c1CN1CCNCC1C(C)C. The Labute approximate surface area is 120 Å². The molecule has 1 aliphatic heterocycles. The third-order valence-corrected chi connectivity index (χ3v) is 4.18. The molecule has 4 heteroatoms. The van der Waals surface area contributed by atoms with Gasteiger partial charge in [0, 0.05) is 42.8 Å². The maximum absolute atomic E-state index is 6.33. The predicted octanol–water partition coefficient (Wildman–Crippen LogP) is 2.78. The van der Waals surface area contributed by atoms with Crippen molar-refractivity contribution in [3.63, 3.8) is 0 Å². The van der Waals surface area contributed by atoms with E-state index in [4.69, 9.17) is 16.3 Å². The van der Waals surface area contributed by atoms with Crippen molar-refractivity contribution < 1.29 is 4.74 Å². The predicted molar refractivity (Wildman–Crippen MR) is 79.9 cm³/mol. The van der Waals surface area contributed by atoms with Gasteiger partial charge in [0.2, 0.25) is 0 Å². The van der Waals surface area contributed by atoms with Crippen molar-refractivity contribution in [2.24, 2.45) is 5.92 Å². The number of nitrogens with zero attached hydrogens (tertiary/aromatic N) is 1. The standard InChI is InChI=1S/C15H23ClN2O/c1-11(2)14-9-17-7-8-18(14)10-12-13(16)5-4-6-15(12)19-3/h4-6,11,14,17H,7-10H2,1-3H3. The Hall–Kier alpha value is -0.770. The molecule has 2 rings (SSSR count). The Balaban J connectivity index is 2.19. The molecule has 0 bridgehead atoms. The Morgan fingerprint density at radius 1 is 1.47 bits per heavy atom. The van der Waals surface area contributed by atoms with Gasteiger partial charge in [-0.3, -0.25) is 4.90 Å². The molecule has 3 nitrogen and oxygen atoms in total. The average Bonchev–Trinajstić information content (AvgIpc) is 2.41. The molecule has 0 aromatic heterocycles. The summed E-state index contributed by atoms with van der Waals surface area (Å²) in [5.74, 6) is 1.51. The van der Waals surface area contributed by atoms with E-state index in [1.54, 1.807) is 7.11 Å². The summed E-state index contributed by atoms with van der Waals surface area (Å²) in [6.45, 7) is 8.54. The number of benzene rings is 1.